The molecule has 148 valence electrons. The van der Waals surface area contributed by atoms with Crippen molar-refractivity contribution in [1.82, 2.24) is 9.80 Å². The predicted molar refractivity (Wildman–Crippen MR) is 114 cm³/mol. The van der Waals surface area contributed by atoms with Crippen molar-refractivity contribution in [2.45, 2.75) is 26.4 Å². The molecule has 0 unspecified atom stereocenters. The maximum absolute atomic E-state index is 12.0. The summed E-state index contributed by atoms with van der Waals surface area (Å²) in [5.74, 6) is 0. The Morgan fingerprint density at radius 3 is 2.24 bits per heavy atom. The summed E-state index contributed by atoms with van der Waals surface area (Å²) in [7, 11) is 0. The van der Waals surface area contributed by atoms with E-state index in [4.69, 9.17) is 9.68 Å². The first-order valence-electron chi connectivity index (χ1n) is 10.1. The first-order chi connectivity index (χ1) is 14.1. The minimum Gasteiger partial charge on any atom is -0.423 e. The van der Waals surface area contributed by atoms with E-state index in [0.29, 0.717) is 11.1 Å². The van der Waals surface area contributed by atoms with Crippen LogP contribution in [0.1, 0.15) is 29.2 Å². The summed E-state index contributed by atoms with van der Waals surface area (Å²) in [6.07, 6.45) is 0.922. The van der Waals surface area contributed by atoms with E-state index >= 15 is 0 Å². The van der Waals surface area contributed by atoms with Crippen LogP contribution in [0.2, 0.25) is 0 Å². The van der Waals surface area contributed by atoms with E-state index in [-0.39, 0.29) is 5.63 Å². The molecule has 0 atom stereocenters. The van der Waals surface area contributed by atoms with E-state index in [1.807, 2.05) is 30.3 Å². The van der Waals surface area contributed by atoms with E-state index in [2.05, 4.69) is 34.9 Å². The lowest BCUT2D eigenvalue weighted by Crippen LogP contribution is -2.45. The van der Waals surface area contributed by atoms with Crippen LogP contribution in [-0.4, -0.2) is 36.0 Å². The standard InChI is InChI=1S/C24H25N3O2/c1-2-18-7-8-22-21(14-24(28)29-23(22)13-18)17-27-11-9-26(10-12-27)16-20-5-3-19(15-25)4-6-20/h3-8,13-14H,2,9-12,16-17H2,1H3. The molecule has 5 nitrogen and oxygen atoms in total. The highest BCUT2D eigenvalue weighted by Crippen LogP contribution is 2.21. The van der Waals surface area contributed by atoms with Gasteiger partial charge in [-0.05, 0) is 41.3 Å². The van der Waals surface area contributed by atoms with Gasteiger partial charge in [0.25, 0.3) is 0 Å². The van der Waals surface area contributed by atoms with Crippen LogP contribution in [0.5, 0.6) is 0 Å². The number of fused-ring (bicyclic) bond motifs is 1. The molecule has 0 N–H and O–H groups in total. The largest absolute Gasteiger partial charge is 0.423 e. The average Bonchev–Trinajstić information content (AvgIpc) is 2.75. The molecular formula is C24H25N3O2. The topological polar surface area (TPSA) is 60.5 Å². The Bertz CT molecular complexity index is 1090. The second-order valence-electron chi connectivity index (χ2n) is 7.64. The van der Waals surface area contributed by atoms with Gasteiger partial charge in [-0.15, -0.1) is 0 Å². The Morgan fingerprint density at radius 1 is 0.931 bits per heavy atom. The number of hydrogen-bond donors (Lipinski definition) is 0. The molecule has 0 radical (unpaired) electrons. The van der Waals surface area contributed by atoms with Crippen LogP contribution >= 0.6 is 0 Å². The fourth-order valence-electron chi connectivity index (χ4n) is 3.91. The first-order valence-corrected chi connectivity index (χ1v) is 10.1. The number of rotatable bonds is 5. The highest BCUT2D eigenvalue weighted by Gasteiger charge is 2.18. The van der Waals surface area contributed by atoms with E-state index < -0.39 is 0 Å². The van der Waals surface area contributed by atoms with Gasteiger partial charge in [-0.1, -0.05) is 31.2 Å². The van der Waals surface area contributed by atoms with Gasteiger partial charge in [0, 0.05) is 50.7 Å². The summed E-state index contributed by atoms with van der Waals surface area (Å²) >= 11 is 0. The Morgan fingerprint density at radius 2 is 1.59 bits per heavy atom. The van der Waals surface area contributed by atoms with Crippen molar-refractivity contribution in [3.8, 4) is 6.07 Å². The molecule has 0 saturated carbocycles. The van der Waals surface area contributed by atoms with Crippen molar-refractivity contribution in [3.05, 3.63) is 81.2 Å². The third kappa shape index (κ3) is 4.56. The third-order valence-electron chi connectivity index (χ3n) is 5.65. The third-order valence-corrected chi connectivity index (χ3v) is 5.65. The van der Waals surface area contributed by atoms with Crippen molar-refractivity contribution < 1.29 is 4.42 Å². The van der Waals surface area contributed by atoms with Crippen LogP contribution in [0, 0.1) is 11.3 Å². The van der Waals surface area contributed by atoms with Crippen LogP contribution in [-0.2, 0) is 19.5 Å². The maximum atomic E-state index is 12.0. The molecule has 2 aromatic carbocycles. The number of piperazine rings is 1. The molecule has 1 saturated heterocycles. The Hall–Kier alpha value is -2.94. The molecule has 4 rings (SSSR count). The molecule has 0 spiro atoms. The van der Waals surface area contributed by atoms with E-state index in [0.717, 1.165) is 56.6 Å². The molecule has 5 heteroatoms. The van der Waals surface area contributed by atoms with Crippen LogP contribution in [0.3, 0.4) is 0 Å². The Kier molecular flexibility index (Phi) is 5.75. The monoisotopic (exact) mass is 387 g/mol. The van der Waals surface area contributed by atoms with Gasteiger partial charge in [-0.25, -0.2) is 4.79 Å². The predicted octanol–water partition coefficient (Wildman–Crippen LogP) is 3.54. The highest BCUT2D eigenvalue weighted by molar-refractivity contribution is 5.80. The number of nitrogens with zero attached hydrogens (tertiary/aromatic N) is 3. The second kappa shape index (κ2) is 8.60. The lowest BCUT2D eigenvalue weighted by atomic mass is 10.1. The highest BCUT2D eigenvalue weighted by atomic mass is 16.4. The zero-order valence-electron chi connectivity index (χ0n) is 16.7. The minimum atomic E-state index is -0.278. The SMILES string of the molecule is CCc1ccc2c(CN3CCN(Cc4ccc(C#N)cc4)CC3)cc(=O)oc2c1. The lowest BCUT2D eigenvalue weighted by molar-refractivity contribution is 0.122. The first kappa shape index (κ1) is 19.4. The molecule has 1 aliphatic rings. The zero-order valence-corrected chi connectivity index (χ0v) is 16.7. The van der Waals surface area contributed by atoms with Gasteiger partial charge in [0.15, 0.2) is 0 Å². The van der Waals surface area contributed by atoms with Gasteiger partial charge in [0.05, 0.1) is 11.6 Å². The smallest absolute Gasteiger partial charge is 0.336 e. The van der Waals surface area contributed by atoms with Gasteiger partial charge in [-0.3, -0.25) is 9.80 Å². The van der Waals surface area contributed by atoms with Crippen LogP contribution in [0.4, 0.5) is 0 Å². The molecule has 0 bridgehead atoms. The van der Waals surface area contributed by atoms with Crippen molar-refractivity contribution in [2.24, 2.45) is 0 Å². The fraction of sp³-hybridized carbons (Fsp3) is 0.333. The number of benzene rings is 2. The molecule has 0 amide bonds. The Balaban J connectivity index is 1.40. The molecule has 1 aliphatic heterocycles. The maximum Gasteiger partial charge on any atom is 0.336 e. The summed E-state index contributed by atoms with van der Waals surface area (Å²) in [6, 6.07) is 17.8. The molecule has 3 aromatic rings. The summed E-state index contributed by atoms with van der Waals surface area (Å²) in [5, 5.41) is 9.95. The van der Waals surface area contributed by atoms with E-state index in [9.17, 15) is 4.79 Å². The van der Waals surface area contributed by atoms with Gasteiger partial charge >= 0.3 is 5.63 Å². The normalized spacial score (nSPS) is 15.4. The van der Waals surface area contributed by atoms with E-state index in [1.165, 1.54) is 11.1 Å². The Labute approximate surface area is 170 Å². The van der Waals surface area contributed by atoms with Gasteiger partial charge < -0.3 is 4.42 Å². The van der Waals surface area contributed by atoms with Gasteiger partial charge in [0.1, 0.15) is 5.58 Å². The second-order valence-corrected chi connectivity index (χ2v) is 7.64. The van der Waals surface area contributed by atoms with Crippen LogP contribution in [0.25, 0.3) is 11.0 Å². The minimum absolute atomic E-state index is 0.278. The van der Waals surface area contributed by atoms with Crippen molar-refractivity contribution in [3.63, 3.8) is 0 Å². The summed E-state index contributed by atoms with van der Waals surface area (Å²) in [4.78, 5) is 16.9. The zero-order chi connectivity index (χ0) is 20.2. The van der Waals surface area contributed by atoms with Gasteiger partial charge in [-0.2, -0.15) is 5.26 Å². The van der Waals surface area contributed by atoms with E-state index in [1.54, 1.807) is 6.07 Å². The average molecular weight is 387 g/mol. The van der Waals surface area contributed by atoms with Crippen LogP contribution in [0.15, 0.2) is 57.7 Å². The fourth-order valence-corrected chi connectivity index (χ4v) is 3.91. The summed E-state index contributed by atoms with van der Waals surface area (Å²) in [5.41, 5.74) is 4.56. The molecule has 0 aliphatic carbocycles. The number of nitriles is 1. The molecule has 1 aromatic heterocycles. The lowest BCUT2D eigenvalue weighted by Gasteiger charge is -2.34. The molecular weight excluding hydrogens is 362 g/mol. The molecule has 2 heterocycles. The summed E-state index contributed by atoms with van der Waals surface area (Å²) in [6.45, 7) is 7.66. The van der Waals surface area contributed by atoms with Crippen molar-refractivity contribution in [1.29, 1.82) is 5.26 Å². The summed E-state index contributed by atoms with van der Waals surface area (Å²) < 4.78 is 5.43. The molecule has 29 heavy (non-hydrogen) atoms. The quantitative estimate of drug-likeness (QED) is 0.627. The van der Waals surface area contributed by atoms with Gasteiger partial charge in [0.2, 0.25) is 0 Å². The van der Waals surface area contributed by atoms with Crippen molar-refractivity contribution in [2.75, 3.05) is 26.2 Å². The molecule has 1 fully saturated rings. The number of aryl methyl sites for hydroxylation is 1. The van der Waals surface area contributed by atoms with Crippen molar-refractivity contribution >= 4 is 11.0 Å². The van der Waals surface area contributed by atoms with Crippen LogP contribution < -0.4 is 5.63 Å². The number of hydrogen-bond acceptors (Lipinski definition) is 5.